The Balaban J connectivity index is 2.94. The molecule has 0 atom stereocenters. The van der Waals surface area contributed by atoms with Crippen molar-refractivity contribution in [3.8, 4) is 0 Å². The van der Waals surface area contributed by atoms with E-state index in [1.54, 1.807) is 33.9 Å². The molecule has 18 heavy (non-hydrogen) atoms. The molecule has 1 rings (SSSR count). The number of carbonyl (C=O) groups excluding carboxylic acids is 1. The van der Waals surface area contributed by atoms with Gasteiger partial charge in [0.2, 0.25) is 0 Å². The Morgan fingerprint density at radius 2 is 2.06 bits per heavy atom. The number of carbonyl (C=O) groups is 1. The summed E-state index contributed by atoms with van der Waals surface area (Å²) >= 11 is 0. The van der Waals surface area contributed by atoms with Gasteiger partial charge in [-0.25, -0.2) is 4.79 Å². The molecule has 2 N–H and O–H groups in total. The Kier molecular flexibility index (Phi) is 4.29. The molecule has 0 unspecified atom stereocenters. The maximum atomic E-state index is 11.7. The fourth-order valence-corrected chi connectivity index (χ4v) is 1.53. The van der Waals surface area contributed by atoms with Crippen LogP contribution in [0.2, 0.25) is 0 Å². The first-order chi connectivity index (χ1) is 8.24. The lowest BCUT2D eigenvalue weighted by Gasteiger charge is -2.21. The number of amides is 1. The van der Waals surface area contributed by atoms with Gasteiger partial charge < -0.3 is 9.84 Å². The zero-order chi connectivity index (χ0) is 13.9. The molecule has 0 aliphatic rings. The monoisotopic (exact) mass is 252 g/mol. The van der Waals surface area contributed by atoms with Crippen LogP contribution in [-0.4, -0.2) is 21.8 Å². The van der Waals surface area contributed by atoms with Crippen molar-refractivity contribution in [1.29, 1.82) is 0 Å². The van der Waals surface area contributed by atoms with E-state index in [1.165, 1.54) is 0 Å². The molecule has 0 saturated heterocycles. The van der Waals surface area contributed by atoms with Gasteiger partial charge >= 0.3 is 6.09 Å². The van der Waals surface area contributed by atoms with Crippen molar-refractivity contribution >= 4 is 11.8 Å². The van der Waals surface area contributed by atoms with Crippen LogP contribution < -0.4 is 5.32 Å². The number of aryl methyl sites for hydroxylation is 1. The quantitative estimate of drug-likeness (QED) is 0.848. The van der Waals surface area contributed by atoms with Crippen molar-refractivity contribution in [2.24, 2.45) is 0 Å². The van der Waals surface area contributed by atoms with E-state index in [4.69, 9.17) is 9.84 Å². The molecule has 1 aromatic rings. The maximum Gasteiger partial charge on any atom is 0.412 e. The molecular weight excluding hydrogens is 232 g/mol. The predicted octanol–water partition coefficient (Wildman–Crippen LogP) is 2.54. The number of aromatic nitrogens is 1. The van der Waals surface area contributed by atoms with Gasteiger partial charge in [-0.3, -0.25) is 10.3 Å². The highest BCUT2D eigenvalue weighted by atomic mass is 16.6. The molecule has 100 valence electrons. The number of nitrogens with zero attached hydrogens (tertiary/aromatic N) is 1. The average molecular weight is 252 g/mol. The van der Waals surface area contributed by atoms with Crippen LogP contribution in [0.25, 0.3) is 0 Å². The number of rotatable bonds is 2. The molecule has 5 heteroatoms. The number of hydrogen-bond acceptors (Lipinski definition) is 4. The average Bonchev–Trinajstić information content (AvgIpc) is 2.22. The van der Waals surface area contributed by atoms with Crippen molar-refractivity contribution in [2.45, 2.75) is 46.8 Å². The molecule has 1 aromatic heterocycles. The van der Waals surface area contributed by atoms with Gasteiger partial charge in [-0.15, -0.1) is 0 Å². The Morgan fingerprint density at radius 3 is 2.56 bits per heavy atom. The first-order valence-electron chi connectivity index (χ1n) is 5.80. The van der Waals surface area contributed by atoms with Crippen molar-refractivity contribution in [3.63, 3.8) is 0 Å². The predicted molar refractivity (Wildman–Crippen MR) is 69.5 cm³/mol. The molecule has 0 saturated carbocycles. The van der Waals surface area contributed by atoms with Crippen LogP contribution in [-0.2, 0) is 11.3 Å². The van der Waals surface area contributed by atoms with Gasteiger partial charge in [-0.1, -0.05) is 0 Å². The summed E-state index contributed by atoms with van der Waals surface area (Å²) in [7, 11) is 0. The van der Waals surface area contributed by atoms with Gasteiger partial charge in [0.25, 0.3) is 0 Å². The normalized spacial score (nSPS) is 11.2. The number of aliphatic hydroxyl groups is 1. The van der Waals surface area contributed by atoms with E-state index >= 15 is 0 Å². The van der Waals surface area contributed by atoms with E-state index in [2.05, 4.69) is 10.3 Å². The molecule has 0 aromatic carbocycles. The lowest BCUT2D eigenvalue weighted by molar-refractivity contribution is 0.0635. The van der Waals surface area contributed by atoms with Crippen molar-refractivity contribution in [1.82, 2.24) is 4.98 Å². The van der Waals surface area contributed by atoms with E-state index in [0.29, 0.717) is 11.4 Å². The summed E-state index contributed by atoms with van der Waals surface area (Å²) in [4.78, 5) is 15.8. The molecule has 0 aliphatic heterocycles. The molecule has 0 aliphatic carbocycles. The molecule has 0 fully saturated rings. The Labute approximate surface area is 107 Å². The third-order valence-electron chi connectivity index (χ3n) is 2.39. The molecule has 1 heterocycles. The largest absolute Gasteiger partial charge is 0.444 e. The number of pyridine rings is 1. The van der Waals surface area contributed by atoms with Crippen LogP contribution in [0.4, 0.5) is 10.5 Å². The van der Waals surface area contributed by atoms with Gasteiger partial charge in [-0.05, 0) is 45.7 Å². The second kappa shape index (κ2) is 5.35. The Hall–Kier alpha value is -1.62. The molecule has 0 radical (unpaired) electrons. The minimum absolute atomic E-state index is 0.158. The third kappa shape index (κ3) is 3.70. The van der Waals surface area contributed by atoms with E-state index in [0.717, 1.165) is 11.1 Å². The third-order valence-corrected chi connectivity index (χ3v) is 2.39. The summed E-state index contributed by atoms with van der Waals surface area (Å²) in [6.07, 6.45) is 1.11. The van der Waals surface area contributed by atoms with E-state index < -0.39 is 11.7 Å². The van der Waals surface area contributed by atoms with Gasteiger partial charge in [0.1, 0.15) is 5.60 Å². The maximum absolute atomic E-state index is 11.7. The minimum atomic E-state index is -0.543. The number of anilines is 1. The first kappa shape index (κ1) is 14.4. The van der Waals surface area contributed by atoms with Crippen LogP contribution >= 0.6 is 0 Å². The highest BCUT2D eigenvalue weighted by Gasteiger charge is 2.18. The standard InChI is InChI=1S/C13H20N2O3/c1-8-6-14-10(7-16)9(2)11(8)15-12(17)18-13(3,4)5/h6,16H,7H2,1-5H3,(H,14,15,17). The lowest BCUT2D eigenvalue weighted by atomic mass is 10.1. The number of nitrogens with one attached hydrogen (secondary N) is 1. The van der Waals surface area contributed by atoms with Crippen LogP contribution in [0.3, 0.4) is 0 Å². The van der Waals surface area contributed by atoms with Crippen molar-refractivity contribution < 1.29 is 14.6 Å². The molecule has 5 nitrogen and oxygen atoms in total. The summed E-state index contributed by atoms with van der Waals surface area (Å²) in [5, 5.41) is 11.8. The van der Waals surface area contributed by atoms with Gasteiger partial charge in [0.05, 0.1) is 18.0 Å². The van der Waals surface area contributed by atoms with E-state index in [1.807, 2.05) is 6.92 Å². The van der Waals surface area contributed by atoms with Gasteiger partial charge in [0.15, 0.2) is 0 Å². The van der Waals surface area contributed by atoms with Gasteiger partial charge in [-0.2, -0.15) is 0 Å². The minimum Gasteiger partial charge on any atom is -0.444 e. The smallest absolute Gasteiger partial charge is 0.412 e. The van der Waals surface area contributed by atoms with Crippen LogP contribution in [0.15, 0.2) is 6.20 Å². The topological polar surface area (TPSA) is 71.5 Å². The van der Waals surface area contributed by atoms with Crippen molar-refractivity contribution in [2.75, 3.05) is 5.32 Å². The number of aliphatic hydroxyl groups excluding tert-OH is 1. The van der Waals surface area contributed by atoms with Gasteiger partial charge in [0, 0.05) is 6.20 Å². The van der Waals surface area contributed by atoms with Crippen LogP contribution in [0.1, 0.15) is 37.6 Å². The summed E-state index contributed by atoms with van der Waals surface area (Å²) in [5.74, 6) is 0. The lowest BCUT2D eigenvalue weighted by Crippen LogP contribution is -2.27. The zero-order valence-corrected chi connectivity index (χ0v) is 11.5. The van der Waals surface area contributed by atoms with E-state index in [9.17, 15) is 4.79 Å². The summed E-state index contributed by atoms with van der Waals surface area (Å²) in [5.41, 5.74) is 2.23. The molecule has 1 amide bonds. The van der Waals surface area contributed by atoms with E-state index in [-0.39, 0.29) is 6.61 Å². The summed E-state index contributed by atoms with van der Waals surface area (Å²) in [6, 6.07) is 0. The fraction of sp³-hybridized carbons (Fsp3) is 0.538. The molecular formula is C13H20N2O3. The molecule has 0 spiro atoms. The number of hydrogen-bond donors (Lipinski definition) is 2. The molecule has 0 bridgehead atoms. The summed E-state index contributed by atoms with van der Waals surface area (Å²) < 4.78 is 5.19. The highest BCUT2D eigenvalue weighted by Crippen LogP contribution is 2.22. The van der Waals surface area contributed by atoms with Crippen molar-refractivity contribution in [3.05, 3.63) is 23.0 Å². The summed E-state index contributed by atoms with van der Waals surface area (Å²) in [6.45, 7) is 8.90. The SMILES string of the molecule is Cc1cnc(CO)c(C)c1NC(=O)OC(C)(C)C. The Morgan fingerprint density at radius 1 is 1.44 bits per heavy atom. The van der Waals surface area contributed by atoms with Crippen LogP contribution in [0, 0.1) is 13.8 Å². The first-order valence-corrected chi connectivity index (χ1v) is 5.80. The fourth-order valence-electron chi connectivity index (χ4n) is 1.53. The highest BCUT2D eigenvalue weighted by molar-refractivity contribution is 5.87. The Bertz CT molecular complexity index is 450. The second-order valence-corrected chi connectivity index (χ2v) is 5.17. The number of ether oxygens (including phenoxy) is 1. The van der Waals surface area contributed by atoms with Crippen LogP contribution in [0.5, 0.6) is 0 Å². The zero-order valence-electron chi connectivity index (χ0n) is 11.5. The second-order valence-electron chi connectivity index (χ2n) is 5.17.